The molecule has 0 bridgehead atoms. The number of H-pyrrole nitrogens is 1. The van der Waals surface area contributed by atoms with Crippen LogP contribution in [0.2, 0.25) is 0 Å². The van der Waals surface area contributed by atoms with E-state index < -0.39 is 5.60 Å². The van der Waals surface area contributed by atoms with Gasteiger partial charge in [-0.1, -0.05) is 0 Å². The van der Waals surface area contributed by atoms with E-state index in [0.717, 1.165) is 0 Å². The zero-order chi connectivity index (χ0) is 13.9. The molecule has 1 unspecified atom stereocenters. The van der Waals surface area contributed by atoms with E-state index in [1.165, 1.54) is 10.7 Å². The molecule has 8 nitrogen and oxygen atoms in total. The number of anilines is 1. The molecule has 0 saturated carbocycles. The second-order valence-corrected chi connectivity index (χ2v) is 4.62. The van der Waals surface area contributed by atoms with Crippen molar-refractivity contribution in [3.8, 4) is 0 Å². The molecule has 104 valence electrons. The summed E-state index contributed by atoms with van der Waals surface area (Å²) in [5.41, 5.74) is -0.755. The Labute approximate surface area is 109 Å². The summed E-state index contributed by atoms with van der Waals surface area (Å²) < 4.78 is 6.23. The standard InChI is InChI=1S/C11H17N5O3/c1-11(18,3-4-19-2)6-12-8-5-9-14-15-10(17)16(9)7-13-8/h5,7,12,18H,3-4,6H2,1-2H3,(H,15,17). The summed E-state index contributed by atoms with van der Waals surface area (Å²) in [6.07, 6.45) is 1.90. The van der Waals surface area contributed by atoms with Gasteiger partial charge in [0.1, 0.15) is 12.1 Å². The number of aliphatic hydroxyl groups is 1. The maximum Gasteiger partial charge on any atom is 0.348 e. The van der Waals surface area contributed by atoms with Crippen LogP contribution in [-0.4, -0.2) is 50.6 Å². The predicted octanol–water partition coefficient (Wildman–Crippen LogP) is -0.383. The molecule has 0 spiro atoms. The summed E-state index contributed by atoms with van der Waals surface area (Å²) in [6.45, 7) is 2.53. The minimum absolute atomic E-state index is 0.328. The van der Waals surface area contributed by atoms with Gasteiger partial charge >= 0.3 is 5.69 Å². The van der Waals surface area contributed by atoms with Gasteiger partial charge in [0, 0.05) is 32.7 Å². The number of aromatic nitrogens is 4. The normalized spacial score (nSPS) is 14.5. The van der Waals surface area contributed by atoms with Crippen molar-refractivity contribution in [2.75, 3.05) is 25.6 Å². The van der Waals surface area contributed by atoms with Crippen LogP contribution in [0.15, 0.2) is 17.2 Å². The highest BCUT2D eigenvalue weighted by Gasteiger charge is 2.19. The van der Waals surface area contributed by atoms with E-state index in [2.05, 4.69) is 20.5 Å². The monoisotopic (exact) mass is 267 g/mol. The smallest absolute Gasteiger partial charge is 0.348 e. The van der Waals surface area contributed by atoms with Gasteiger partial charge in [-0.25, -0.2) is 19.3 Å². The van der Waals surface area contributed by atoms with Crippen LogP contribution < -0.4 is 11.0 Å². The summed E-state index contributed by atoms with van der Waals surface area (Å²) in [5.74, 6) is 0.546. The SMILES string of the molecule is COCCC(C)(O)CNc1cc2n[nH]c(=O)n2cn1. The summed E-state index contributed by atoms with van der Waals surface area (Å²) in [6, 6.07) is 1.63. The number of hydrogen-bond donors (Lipinski definition) is 3. The Kier molecular flexibility index (Phi) is 3.82. The third kappa shape index (κ3) is 3.30. The molecule has 3 N–H and O–H groups in total. The zero-order valence-corrected chi connectivity index (χ0v) is 10.9. The lowest BCUT2D eigenvalue weighted by molar-refractivity contribution is 0.0357. The van der Waals surface area contributed by atoms with Crippen LogP contribution in [-0.2, 0) is 4.74 Å². The van der Waals surface area contributed by atoms with Crippen LogP contribution in [0.25, 0.3) is 5.65 Å². The Morgan fingerprint density at radius 2 is 2.42 bits per heavy atom. The number of nitrogens with zero attached hydrogens (tertiary/aromatic N) is 3. The lowest BCUT2D eigenvalue weighted by atomic mass is 10.0. The minimum atomic E-state index is -0.894. The van der Waals surface area contributed by atoms with E-state index >= 15 is 0 Å². The first-order valence-corrected chi connectivity index (χ1v) is 5.90. The fraction of sp³-hybridized carbons (Fsp3) is 0.545. The zero-order valence-electron chi connectivity index (χ0n) is 10.9. The highest BCUT2D eigenvalue weighted by atomic mass is 16.5. The first-order chi connectivity index (χ1) is 9.02. The number of methoxy groups -OCH3 is 1. The molecule has 2 rings (SSSR count). The van der Waals surface area contributed by atoms with E-state index in [1.807, 2.05) is 0 Å². The lowest BCUT2D eigenvalue weighted by Crippen LogP contribution is -2.34. The van der Waals surface area contributed by atoms with Crippen LogP contribution in [0.1, 0.15) is 13.3 Å². The second-order valence-electron chi connectivity index (χ2n) is 4.62. The highest BCUT2D eigenvalue weighted by Crippen LogP contribution is 2.11. The van der Waals surface area contributed by atoms with E-state index in [1.54, 1.807) is 20.1 Å². The second kappa shape index (κ2) is 5.37. The molecule has 0 radical (unpaired) electrons. The molecule has 0 aliphatic heterocycles. The van der Waals surface area contributed by atoms with Crippen LogP contribution in [0.5, 0.6) is 0 Å². The Bertz CT molecular complexity index is 604. The third-order valence-corrected chi connectivity index (χ3v) is 2.80. The van der Waals surface area contributed by atoms with Crippen LogP contribution >= 0.6 is 0 Å². The average molecular weight is 267 g/mol. The maximum absolute atomic E-state index is 11.3. The third-order valence-electron chi connectivity index (χ3n) is 2.80. The molecule has 2 aromatic heterocycles. The van der Waals surface area contributed by atoms with E-state index in [-0.39, 0.29) is 5.69 Å². The highest BCUT2D eigenvalue weighted by molar-refractivity contribution is 5.48. The van der Waals surface area contributed by atoms with Crippen LogP contribution in [0, 0.1) is 0 Å². The van der Waals surface area contributed by atoms with Gasteiger partial charge in [-0.2, -0.15) is 5.10 Å². The van der Waals surface area contributed by atoms with Gasteiger partial charge in [0.05, 0.1) is 5.60 Å². The van der Waals surface area contributed by atoms with Crippen molar-refractivity contribution >= 4 is 11.5 Å². The van der Waals surface area contributed by atoms with Gasteiger partial charge < -0.3 is 15.2 Å². The van der Waals surface area contributed by atoms with Crippen molar-refractivity contribution in [1.82, 2.24) is 19.6 Å². The van der Waals surface area contributed by atoms with Crippen molar-refractivity contribution in [1.29, 1.82) is 0 Å². The lowest BCUT2D eigenvalue weighted by Gasteiger charge is -2.23. The fourth-order valence-electron chi connectivity index (χ4n) is 1.60. The van der Waals surface area contributed by atoms with Crippen molar-refractivity contribution in [3.63, 3.8) is 0 Å². The molecule has 2 aromatic rings. The van der Waals surface area contributed by atoms with Crippen molar-refractivity contribution in [2.24, 2.45) is 0 Å². The number of hydrogen-bond acceptors (Lipinski definition) is 6. The molecule has 0 aromatic carbocycles. The fourth-order valence-corrected chi connectivity index (χ4v) is 1.60. The summed E-state index contributed by atoms with van der Waals surface area (Å²) in [7, 11) is 1.59. The van der Waals surface area contributed by atoms with Crippen molar-refractivity contribution < 1.29 is 9.84 Å². The number of ether oxygens (including phenoxy) is 1. The Morgan fingerprint density at radius 3 is 3.16 bits per heavy atom. The van der Waals surface area contributed by atoms with Crippen molar-refractivity contribution in [3.05, 3.63) is 22.9 Å². The topological polar surface area (TPSA) is 105 Å². The molecule has 0 fully saturated rings. The predicted molar refractivity (Wildman–Crippen MR) is 69.2 cm³/mol. The van der Waals surface area contributed by atoms with Gasteiger partial charge in [-0.15, -0.1) is 0 Å². The Hall–Kier alpha value is -1.93. The summed E-state index contributed by atoms with van der Waals surface area (Å²) in [5, 5.41) is 19.2. The van der Waals surface area contributed by atoms with Gasteiger partial charge in [-0.3, -0.25) is 0 Å². The molecule has 19 heavy (non-hydrogen) atoms. The van der Waals surface area contributed by atoms with Crippen LogP contribution in [0.4, 0.5) is 5.82 Å². The molecule has 0 amide bonds. The molecule has 0 aliphatic carbocycles. The van der Waals surface area contributed by atoms with Gasteiger partial charge in [0.15, 0.2) is 5.65 Å². The molecule has 0 aliphatic rings. The van der Waals surface area contributed by atoms with E-state index in [9.17, 15) is 9.90 Å². The minimum Gasteiger partial charge on any atom is -0.388 e. The van der Waals surface area contributed by atoms with E-state index in [4.69, 9.17) is 4.74 Å². The van der Waals surface area contributed by atoms with Crippen LogP contribution in [0.3, 0.4) is 0 Å². The Morgan fingerprint density at radius 1 is 1.63 bits per heavy atom. The van der Waals surface area contributed by atoms with Gasteiger partial charge in [0.2, 0.25) is 0 Å². The molecule has 1 atom stereocenters. The summed E-state index contributed by atoms with van der Waals surface area (Å²) >= 11 is 0. The molecule has 2 heterocycles. The molecular formula is C11H17N5O3. The van der Waals surface area contributed by atoms with Crippen molar-refractivity contribution in [2.45, 2.75) is 18.9 Å². The number of aromatic amines is 1. The Balaban J connectivity index is 2.03. The first-order valence-electron chi connectivity index (χ1n) is 5.90. The molecule has 0 saturated heterocycles. The van der Waals surface area contributed by atoms with Gasteiger partial charge in [-0.05, 0) is 6.92 Å². The summed E-state index contributed by atoms with van der Waals surface area (Å²) in [4.78, 5) is 15.3. The van der Waals surface area contributed by atoms with E-state index in [0.29, 0.717) is 31.0 Å². The number of rotatable bonds is 6. The maximum atomic E-state index is 11.3. The number of nitrogens with one attached hydrogen (secondary N) is 2. The molecule has 8 heteroatoms. The first kappa shape index (κ1) is 13.5. The number of fused-ring (bicyclic) bond motifs is 1. The average Bonchev–Trinajstić information content (AvgIpc) is 2.76. The molecular weight excluding hydrogens is 250 g/mol. The van der Waals surface area contributed by atoms with Gasteiger partial charge in [0.25, 0.3) is 0 Å². The largest absolute Gasteiger partial charge is 0.388 e. The quantitative estimate of drug-likeness (QED) is 0.659.